The summed E-state index contributed by atoms with van der Waals surface area (Å²) in [6, 6.07) is 0.0154. The van der Waals surface area contributed by atoms with E-state index < -0.39 is 0 Å². The maximum absolute atomic E-state index is 11.2. The summed E-state index contributed by atoms with van der Waals surface area (Å²) in [5.41, 5.74) is 5.49. The Hall–Kier alpha value is -0.610. The standard InChI is InChI=1S/C9H20N2O2/c1-7(6-13-3)4-9(12)11-5-8(2)10/h7-8H,4-6,10H2,1-3H3,(H,11,12). The highest BCUT2D eigenvalue weighted by atomic mass is 16.5. The number of carbonyl (C=O) groups excluding carboxylic acids is 1. The smallest absolute Gasteiger partial charge is 0.220 e. The Bertz CT molecular complexity index is 149. The van der Waals surface area contributed by atoms with Gasteiger partial charge < -0.3 is 15.8 Å². The molecular formula is C9H20N2O2. The third-order valence-corrected chi connectivity index (χ3v) is 1.61. The molecule has 0 aromatic heterocycles. The van der Waals surface area contributed by atoms with Crippen molar-refractivity contribution in [3.05, 3.63) is 0 Å². The molecule has 0 radical (unpaired) electrons. The Morgan fingerprint density at radius 1 is 1.54 bits per heavy atom. The van der Waals surface area contributed by atoms with Crippen LogP contribution in [0.4, 0.5) is 0 Å². The Morgan fingerprint density at radius 3 is 2.62 bits per heavy atom. The fraction of sp³-hybridized carbons (Fsp3) is 0.889. The summed E-state index contributed by atoms with van der Waals surface area (Å²) in [6.07, 6.45) is 0.501. The molecule has 4 nitrogen and oxygen atoms in total. The van der Waals surface area contributed by atoms with Gasteiger partial charge in [-0.05, 0) is 12.8 Å². The molecule has 0 aliphatic carbocycles. The predicted octanol–water partition coefficient (Wildman–Crippen LogP) is 0.122. The van der Waals surface area contributed by atoms with Crippen LogP contribution in [0.15, 0.2) is 0 Å². The molecule has 0 rings (SSSR count). The highest BCUT2D eigenvalue weighted by Gasteiger charge is 2.08. The van der Waals surface area contributed by atoms with Crippen LogP contribution in [0, 0.1) is 5.92 Å². The number of carbonyl (C=O) groups is 1. The molecule has 78 valence electrons. The van der Waals surface area contributed by atoms with Gasteiger partial charge >= 0.3 is 0 Å². The van der Waals surface area contributed by atoms with Gasteiger partial charge in [0.25, 0.3) is 0 Å². The van der Waals surface area contributed by atoms with Gasteiger partial charge in [0.15, 0.2) is 0 Å². The molecular weight excluding hydrogens is 168 g/mol. The van der Waals surface area contributed by atoms with Crippen LogP contribution in [0.2, 0.25) is 0 Å². The molecule has 3 N–H and O–H groups in total. The topological polar surface area (TPSA) is 64.3 Å². The van der Waals surface area contributed by atoms with Gasteiger partial charge in [0, 0.05) is 32.7 Å². The van der Waals surface area contributed by atoms with Crippen molar-refractivity contribution in [2.75, 3.05) is 20.3 Å². The van der Waals surface area contributed by atoms with Crippen LogP contribution in [0.1, 0.15) is 20.3 Å². The average Bonchev–Trinajstić information content (AvgIpc) is 2.01. The van der Waals surface area contributed by atoms with E-state index in [1.54, 1.807) is 7.11 Å². The Balaban J connectivity index is 3.50. The van der Waals surface area contributed by atoms with Crippen LogP contribution >= 0.6 is 0 Å². The number of amides is 1. The SMILES string of the molecule is COCC(C)CC(=O)NCC(C)N. The average molecular weight is 188 g/mol. The van der Waals surface area contributed by atoms with Crippen LogP contribution in [-0.4, -0.2) is 32.2 Å². The Labute approximate surface area is 79.8 Å². The molecule has 2 atom stereocenters. The molecule has 0 aromatic rings. The molecule has 1 amide bonds. The van der Waals surface area contributed by atoms with Crippen molar-refractivity contribution < 1.29 is 9.53 Å². The fourth-order valence-electron chi connectivity index (χ4n) is 1.01. The van der Waals surface area contributed by atoms with Crippen molar-refractivity contribution in [3.8, 4) is 0 Å². The van der Waals surface area contributed by atoms with Crippen LogP contribution in [0.25, 0.3) is 0 Å². The number of ether oxygens (including phenoxy) is 1. The second kappa shape index (κ2) is 6.86. The van der Waals surface area contributed by atoms with Crippen molar-refractivity contribution in [1.82, 2.24) is 5.32 Å². The molecule has 0 fully saturated rings. The minimum absolute atomic E-state index is 0.0154. The summed E-state index contributed by atoms with van der Waals surface area (Å²) in [5.74, 6) is 0.305. The highest BCUT2D eigenvalue weighted by Crippen LogP contribution is 2.00. The lowest BCUT2D eigenvalue weighted by atomic mass is 10.1. The normalized spacial score (nSPS) is 15.1. The molecule has 4 heteroatoms. The summed E-state index contributed by atoms with van der Waals surface area (Å²) >= 11 is 0. The summed E-state index contributed by atoms with van der Waals surface area (Å²) < 4.78 is 4.93. The molecule has 0 aliphatic heterocycles. The molecule has 13 heavy (non-hydrogen) atoms. The van der Waals surface area contributed by atoms with Crippen molar-refractivity contribution >= 4 is 5.91 Å². The van der Waals surface area contributed by atoms with Gasteiger partial charge in [0.1, 0.15) is 0 Å². The van der Waals surface area contributed by atoms with Crippen LogP contribution in [-0.2, 0) is 9.53 Å². The summed E-state index contributed by atoms with van der Waals surface area (Å²) in [7, 11) is 1.64. The summed E-state index contributed by atoms with van der Waals surface area (Å²) in [5, 5.41) is 2.75. The van der Waals surface area contributed by atoms with Gasteiger partial charge in [-0.1, -0.05) is 6.92 Å². The van der Waals surface area contributed by atoms with Gasteiger partial charge in [0.05, 0.1) is 0 Å². The van der Waals surface area contributed by atoms with Gasteiger partial charge in [-0.25, -0.2) is 0 Å². The molecule has 0 heterocycles. The highest BCUT2D eigenvalue weighted by molar-refractivity contribution is 5.76. The van der Waals surface area contributed by atoms with Crippen LogP contribution < -0.4 is 11.1 Å². The predicted molar refractivity (Wildman–Crippen MR) is 52.3 cm³/mol. The van der Waals surface area contributed by atoms with Crippen molar-refractivity contribution in [3.63, 3.8) is 0 Å². The van der Waals surface area contributed by atoms with E-state index in [-0.39, 0.29) is 17.9 Å². The summed E-state index contributed by atoms with van der Waals surface area (Å²) in [4.78, 5) is 11.2. The van der Waals surface area contributed by atoms with Gasteiger partial charge in [0.2, 0.25) is 5.91 Å². The van der Waals surface area contributed by atoms with Crippen molar-refractivity contribution in [2.45, 2.75) is 26.3 Å². The van der Waals surface area contributed by atoms with Crippen LogP contribution in [0.3, 0.4) is 0 Å². The third kappa shape index (κ3) is 7.74. The quantitative estimate of drug-likeness (QED) is 0.622. The first-order chi connectivity index (χ1) is 6.06. The van der Waals surface area contributed by atoms with E-state index in [9.17, 15) is 4.79 Å². The zero-order valence-corrected chi connectivity index (χ0v) is 8.67. The monoisotopic (exact) mass is 188 g/mol. The molecule has 0 saturated heterocycles. The lowest BCUT2D eigenvalue weighted by Crippen LogP contribution is -2.36. The first-order valence-corrected chi connectivity index (χ1v) is 4.57. The Kier molecular flexibility index (Phi) is 6.54. The van der Waals surface area contributed by atoms with Crippen LogP contribution in [0.5, 0.6) is 0 Å². The minimum atomic E-state index is 0.0154. The Morgan fingerprint density at radius 2 is 2.15 bits per heavy atom. The van der Waals surface area contributed by atoms with E-state index in [2.05, 4.69) is 5.32 Å². The lowest BCUT2D eigenvalue weighted by molar-refractivity contribution is -0.122. The molecule has 0 aliphatic rings. The zero-order chi connectivity index (χ0) is 10.3. The second-order valence-corrected chi connectivity index (χ2v) is 3.55. The first kappa shape index (κ1) is 12.4. The first-order valence-electron chi connectivity index (χ1n) is 4.57. The maximum Gasteiger partial charge on any atom is 0.220 e. The van der Waals surface area contributed by atoms with E-state index in [1.165, 1.54) is 0 Å². The number of hydrogen-bond donors (Lipinski definition) is 2. The fourth-order valence-corrected chi connectivity index (χ4v) is 1.01. The third-order valence-electron chi connectivity index (χ3n) is 1.61. The van der Waals surface area contributed by atoms with Gasteiger partial charge in [-0.2, -0.15) is 0 Å². The zero-order valence-electron chi connectivity index (χ0n) is 8.67. The number of nitrogens with two attached hydrogens (primary N) is 1. The molecule has 0 spiro atoms. The maximum atomic E-state index is 11.2. The largest absolute Gasteiger partial charge is 0.384 e. The van der Waals surface area contributed by atoms with E-state index in [0.717, 1.165) is 0 Å². The van der Waals surface area contributed by atoms with Crippen molar-refractivity contribution in [1.29, 1.82) is 0 Å². The molecule has 0 bridgehead atoms. The van der Waals surface area contributed by atoms with Crippen molar-refractivity contribution in [2.24, 2.45) is 11.7 Å². The molecule has 0 saturated carbocycles. The lowest BCUT2D eigenvalue weighted by Gasteiger charge is -2.11. The number of nitrogens with one attached hydrogen (secondary N) is 1. The van der Waals surface area contributed by atoms with Gasteiger partial charge in [-0.3, -0.25) is 4.79 Å². The summed E-state index contributed by atoms with van der Waals surface area (Å²) in [6.45, 7) is 5.00. The molecule has 0 aromatic carbocycles. The second-order valence-electron chi connectivity index (χ2n) is 3.55. The van der Waals surface area contributed by atoms with E-state index >= 15 is 0 Å². The molecule has 2 unspecified atom stereocenters. The number of methoxy groups -OCH3 is 1. The van der Waals surface area contributed by atoms with E-state index in [4.69, 9.17) is 10.5 Å². The number of hydrogen-bond acceptors (Lipinski definition) is 3. The number of rotatable bonds is 6. The van der Waals surface area contributed by atoms with E-state index in [1.807, 2.05) is 13.8 Å². The van der Waals surface area contributed by atoms with Gasteiger partial charge in [-0.15, -0.1) is 0 Å². The minimum Gasteiger partial charge on any atom is -0.384 e. The van der Waals surface area contributed by atoms with E-state index in [0.29, 0.717) is 19.6 Å².